The summed E-state index contributed by atoms with van der Waals surface area (Å²) in [5.74, 6) is -0.294. The van der Waals surface area contributed by atoms with Gasteiger partial charge in [0.05, 0.1) is 0 Å². The summed E-state index contributed by atoms with van der Waals surface area (Å²) in [7, 11) is 0. The fourth-order valence-electron chi connectivity index (χ4n) is 1.30. The summed E-state index contributed by atoms with van der Waals surface area (Å²) >= 11 is 0. The van der Waals surface area contributed by atoms with E-state index >= 15 is 0 Å². The van der Waals surface area contributed by atoms with Gasteiger partial charge in [0.25, 0.3) is 0 Å². The summed E-state index contributed by atoms with van der Waals surface area (Å²) in [5.41, 5.74) is 1.50. The molecular weight excluding hydrogens is 204 g/mol. The lowest BCUT2D eigenvalue weighted by Gasteiger charge is -2.01. The molecule has 0 aliphatic rings. The van der Waals surface area contributed by atoms with Gasteiger partial charge in [-0.1, -0.05) is 30.3 Å². The van der Waals surface area contributed by atoms with Crippen LogP contribution in [0.1, 0.15) is 29.8 Å². The molecule has 0 radical (unpaired) electrons. The molecule has 0 amide bonds. The predicted molar refractivity (Wildman–Crippen MR) is 62.1 cm³/mol. The molecule has 0 bridgehead atoms. The molecule has 0 saturated heterocycles. The van der Waals surface area contributed by atoms with Gasteiger partial charge in [0.15, 0.2) is 5.78 Å². The van der Waals surface area contributed by atoms with Gasteiger partial charge in [0.1, 0.15) is 6.61 Å². The second kappa shape index (κ2) is 5.85. The van der Waals surface area contributed by atoms with E-state index in [-0.39, 0.29) is 18.4 Å². The van der Waals surface area contributed by atoms with E-state index in [0.29, 0.717) is 5.56 Å². The van der Waals surface area contributed by atoms with Crippen LogP contribution >= 0.6 is 0 Å². The van der Waals surface area contributed by atoms with Crippen LogP contribution in [0.2, 0.25) is 0 Å². The van der Waals surface area contributed by atoms with Gasteiger partial charge in [0.2, 0.25) is 0 Å². The summed E-state index contributed by atoms with van der Waals surface area (Å²) in [6.45, 7) is 3.11. The summed E-state index contributed by atoms with van der Waals surface area (Å²) in [6, 6.07) is 7.30. The fraction of sp³-hybridized carbons (Fsp3) is 0.231. The Bertz CT molecular complexity index is 419. The second-order valence-corrected chi connectivity index (χ2v) is 3.35. The largest absolute Gasteiger partial charge is 0.462 e. The zero-order valence-corrected chi connectivity index (χ0v) is 9.40. The number of rotatable bonds is 4. The van der Waals surface area contributed by atoms with Gasteiger partial charge in [-0.25, -0.2) is 0 Å². The molecule has 1 rings (SSSR count). The third kappa shape index (κ3) is 3.69. The highest BCUT2D eigenvalue weighted by Gasteiger charge is 2.02. The van der Waals surface area contributed by atoms with E-state index in [2.05, 4.69) is 0 Å². The highest BCUT2D eigenvalue weighted by Crippen LogP contribution is 2.11. The molecule has 84 valence electrons. The SMILES string of the molecule is CC(=O)OC/C=C/c1ccccc1C(C)=O. The molecule has 1 aromatic carbocycles. The summed E-state index contributed by atoms with van der Waals surface area (Å²) < 4.78 is 4.75. The molecule has 0 unspecified atom stereocenters. The van der Waals surface area contributed by atoms with Gasteiger partial charge in [-0.05, 0) is 18.6 Å². The molecule has 0 heterocycles. The lowest BCUT2D eigenvalue weighted by Crippen LogP contribution is -1.98. The van der Waals surface area contributed by atoms with Crippen LogP contribution in [0.4, 0.5) is 0 Å². The molecule has 0 spiro atoms. The van der Waals surface area contributed by atoms with E-state index < -0.39 is 0 Å². The maximum Gasteiger partial charge on any atom is 0.302 e. The number of hydrogen-bond donors (Lipinski definition) is 0. The van der Waals surface area contributed by atoms with Gasteiger partial charge in [0, 0.05) is 12.5 Å². The average Bonchev–Trinajstić information content (AvgIpc) is 2.24. The standard InChI is InChI=1S/C13H14O3/c1-10(14)13-8-4-3-6-12(13)7-5-9-16-11(2)15/h3-8H,9H2,1-2H3/b7-5+. The Hall–Kier alpha value is -1.90. The minimum Gasteiger partial charge on any atom is -0.462 e. The fourth-order valence-corrected chi connectivity index (χ4v) is 1.30. The number of ether oxygens (including phenoxy) is 1. The Morgan fingerprint density at radius 3 is 2.56 bits per heavy atom. The zero-order valence-electron chi connectivity index (χ0n) is 9.40. The molecule has 0 fully saturated rings. The number of esters is 1. The molecule has 1 aromatic rings. The topological polar surface area (TPSA) is 43.4 Å². The van der Waals surface area contributed by atoms with Gasteiger partial charge in [-0.2, -0.15) is 0 Å². The Kier molecular flexibility index (Phi) is 4.45. The van der Waals surface area contributed by atoms with Crippen molar-refractivity contribution >= 4 is 17.8 Å². The van der Waals surface area contributed by atoms with Gasteiger partial charge < -0.3 is 4.74 Å². The predicted octanol–water partition coefficient (Wildman–Crippen LogP) is 2.47. The monoisotopic (exact) mass is 218 g/mol. The van der Waals surface area contributed by atoms with Crippen LogP contribution in [0, 0.1) is 0 Å². The van der Waals surface area contributed by atoms with Gasteiger partial charge >= 0.3 is 5.97 Å². The number of benzene rings is 1. The van der Waals surface area contributed by atoms with Crippen molar-refractivity contribution in [3.05, 3.63) is 41.5 Å². The van der Waals surface area contributed by atoms with Crippen molar-refractivity contribution in [2.75, 3.05) is 6.61 Å². The molecule has 3 heteroatoms. The average molecular weight is 218 g/mol. The van der Waals surface area contributed by atoms with E-state index in [0.717, 1.165) is 5.56 Å². The van der Waals surface area contributed by atoms with E-state index in [1.807, 2.05) is 18.2 Å². The molecule has 0 aromatic heterocycles. The molecule has 16 heavy (non-hydrogen) atoms. The van der Waals surface area contributed by atoms with Crippen LogP contribution < -0.4 is 0 Å². The summed E-state index contributed by atoms with van der Waals surface area (Å²) in [6.07, 6.45) is 3.49. The minimum atomic E-state index is -0.315. The molecular formula is C13H14O3. The number of carbonyl (C=O) groups excluding carboxylic acids is 2. The van der Waals surface area contributed by atoms with Gasteiger partial charge in [-0.15, -0.1) is 0 Å². The minimum absolute atomic E-state index is 0.0211. The van der Waals surface area contributed by atoms with Crippen molar-refractivity contribution in [2.24, 2.45) is 0 Å². The smallest absolute Gasteiger partial charge is 0.302 e. The summed E-state index contributed by atoms with van der Waals surface area (Å²) in [4.78, 5) is 21.8. The number of Topliss-reactive ketones (excluding diaryl/α,β-unsaturated/α-hetero) is 1. The maximum absolute atomic E-state index is 11.3. The lowest BCUT2D eigenvalue weighted by molar-refractivity contribution is -0.139. The highest BCUT2D eigenvalue weighted by atomic mass is 16.5. The Labute approximate surface area is 94.7 Å². The van der Waals surface area contributed by atoms with Crippen LogP contribution in [0.25, 0.3) is 6.08 Å². The summed E-state index contributed by atoms with van der Waals surface area (Å²) in [5, 5.41) is 0. The third-order valence-corrected chi connectivity index (χ3v) is 2.02. The van der Waals surface area contributed by atoms with E-state index in [1.165, 1.54) is 13.8 Å². The lowest BCUT2D eigenvalue weighted by atomic mass is 10.0. The number of hydrogen-bond acceptors (Lipinski definition) is 3. The molecule has 0 saturated carbocycles. The van der Waals surface area contributed by atoms with Crippen LogP contribution in [0.3, 0.4) is 0 Å². The first-order chi connectivity index (χ1) is 7.61. The van der Waals surface area contributed by atoms with Crippen molar-refractivity contribution in [3.8, 4) is 0 Å². The van der Waals surface area contributed by atoms with Crippen molar-refractivity contribution in [2.45, 2.75) is 13.8 Å². The van der Waals surface area contributed by atoms with Crippen LogP contribution in [-0.2, 0) is 9.53 Å². The van der Waals surface area contributed by atoms with E-state index in [9.17, 15) is 9.59 Å². The van der Waals surface area contributed by atoms with Crippen molar-refractivity contribution < 1.29 is 14.3 Å². The van der Waals surface area contributed by atoms with Gasteiger partial charge in [-0.3, -0.25) is 9.59 Å². The van der Waals surface area contributed by atoms with Crippen LogP contribution in [0.15, 0.2) is 30.3 Å². The maximum atomic E-state index is 11.3. The van der Waals surface area contributed by atoms with Crippen LogP contribution in [0.5, 0.6) is 0 Å². The molecule has 0 aliphatic heterocycles. The number of ketones is 1. The Morgan fingerprint density at radius 2 is 1.94 bits per heavy atom. The van der Waals surface area contributed by atoms with E-state index in [4.69, 9.17) is 4.74 Å². The normalized spacial score (nSPS) is 10.4. The van der Waals surface area contributed by atoms with Crippen molar-refractivity contribution in [1.29, 1.82) is 0 Å². The van der Waals surface area contributed by atoms with E-state index in [1.54, 1.807) is 18.2 Å². The molecule has 0 aliphatic carbocycles. The van der Waals surface area contributed by atoms with Crippen molar-refractivity contribution in [3.63, 3.8) is 0 Å². The highest BCUT2D eigenvalue weighted by molar-refractivity contribution is 5.97. The quantitative estimate of drug-likeness (QED) is 0.576. The molecule has 0 N–H and O–H groups in total. The first-order valence-corrected chi connectivity index (χ1v) is 5.01. The van der Waals surface area contributed by atoms with Crippen molar-refractivity contribution in [1.82, 2.24) is 0 Å². The Morgan fingerprint density at radius 1 is 1.25 bits per heavy atom. The number of carbonyl (C=O) groups is 2. The Balaban J connectivity index is 2.73. The van der Waals surface area contributed by atoms with Crippen LogP contribution in [-0.4, -0.2) is 18.4 Å². The third-order valence-electron chi connectivity index (χ3n) is 2.02. The first-order valence-electron chi connectivity index (χ1n) is 5.01. The molecule has 0 atom stereocenters. The molecule has 3 nitrogen and oxygen atoms in total. The first kappa shape index (κ1) is 12.2. The second-order valence-electron chi connectivity index (χ2n) is 3.35. The zero-order chi connectivity index (χ0) is 12.0.